The SMILES string of the molecule is C=CC(=O)Nc1cccc(Sc2cnc(N3CCC(C)(COC(N)=O)CC3)cn2)c1Cl. The number of primary amides is 1. The second-order valence-electron chi connectivity index (χ2n) is 7.53. The molecule has 3 rings (SSSR count). The van der Waals surface area contributed by atoms with Crippen molar-refractivity contribution in [2.75, 3.05) is 29.9 Å². The van der Waals surface area contributed by atoms with Crippen molar-refractivity contribution in [3.8, 4) is 0 Å². The average Bonchev–Trinajstić information content (AvgIpc) is 2.76. The van der Waals surface area contributed by atoms with E-state index in [-0.39, 0.29) is 11.3 Å². The summed E-state index contributed by atoms with van der Waals surface area (Å²) in [5, 5.41) is 3.80. The number of piperidine rings is 1. The number of halogens is 1. The van der Waals surface area contributed by atoms with Gasteiger partial charge in [0, 0.05) is 23.4 Å². The van der Waals surface area contributed by atoms with Crippen molar-refractivity contribution < 1.29 is 14.3 Å². The third-order valence-corrected chi connectivity index (χ3v) is 6.59. The van der Waals surface area contributed by atoms with Crippen LogP contribution in [0.1, 0.15) is 19.8 Å². The summed E-state index contributed by atoms with van der Waals surface area (Å²) in [6, 6.07) is 5.38. The Morgan fingerprint density at radius 3 is 2.71 bits per heavy atom. The molecule has 31 heavy (non-hydrogen) atoms. The maximum Gasteiger partial charge on any atom is 0.404 e. The molecule has 3 N–H and O–H groups in total. The molecule has 2 heterocycles. The third-order valence-electron chi connectivity index (χ3n) is 5.09. The third kappa shape index (κ3) is 6.11. The number of amides is 2. The Morgan fingerprint density at radius 1 is 1.35 bits per heavy atom. The molecule has 1 saturated heterocycles. The van der Waals surface area contributed by atoms with Crippen LogP contribution in [0.15, 0.2) is 53.2 Å². The van der Waals surface area contributed by atoms with Crippen molar-refractivity contribution in [3.05, 3.63) is 48.3 Å². The van der Waals surface area contributed by atoms with Crippen LogP contribution in [-0.4, -0.2) is 41.7 Å². The molecule has 0 spiro atoms. The van der Waals surface area contributed by atoms with E-state index in [0.717, 1.165) is 36.6 Å². The van der Waals surface area contributed by atoms with Gasteiger partial charge in [0.1, 0.15) is 10.8 Å². The standard InChI is InChI=1S/C21H24ClN5O3S/c1-3-17(28)26-14-5-4-6-15(19(14)22)31-18-12-24-16(11-25-18)27-9-7-21(2,8-10-27)13-30-20(23)29/h3-6,11-12H,1,7-10,13H2,2H3,(H2,23,29)(H,26,28). The van der Waals surface area contributed by atoms with Crippen LogP contribution in [0.2, 0.25) is 5.02 Å². The number of nitrogens with zero attached hydrogens (tertiary/aromatic N) is 3. The normalized spacial score (nSPS) is 15.2. The molecule has 0 unspecified atom stereocenters. The van der Waals surface area contributed by atoms with Crippen LogP contribution < -0.4 is 16.0 Å². The van der Waals surface area contributed by atoms with Crippen molar-refractivity contribution in [2.24, 2.45) is 11.1 Å². The smallest absolute Gasteiger partial charge is 0.404 e. The molecular weight excluding hydrogens is 438 g/mol. The molecule has 1 aliphatic rings. The van der Waals surface area contributed by atoms with E-state index in [9.17, 15) is 9.59 Å². The van der Waals surface area contributed by atoms with E-state index in [0.29, 0.717) is 22.3 Å². The number of aromatic nitrogens is 2. The highest BCUT2D eigenvalue weighted by Crippen LogP contribution is 2.37. The molecule has 1 aromatic heterocycles. The van der Waals surface area contributed by atoms with Crippen LogP contribution in [0.25, 0.3) is 0 Å². The van der Waals surface area contributed by atoms with Crippen LogP contribution >= 0.6 is 23.4 Å². The van der Waals surface area contributed by atoms with E-state index < -0.39 is 6.09 Å². The van der Waals surface area contributed by atoms with E-state index >= 15 is 0 Å². The van der Waals surface area contributed by atoms with Gasteiger partial charge < -0.3 is 20.7 Å². The van der Waals surface area contributed by atoms with Crippen LogP contribution in [0, 0.1) is 5.41 Å². The number of ether oxygens (including phenoxy) is 1. The van der Waals surface area contributed by atoms with Gasteiger partial charge >= 0.3 is 6.09 Å². The van der Waals surface area contributed by atoms with Crippen molar-refractivity contribution in [3.63, 3.8) is 0 Å². The summed E-state index contributed by atoms with van der Waals surface area (Å²) in [7, 11) is 0. The average molecular weight is 462 g/mol. The fraction of sp³-hybridized carbons (Fsp3) is 0.333. The van der Waals surface area contributed by atoms with E-state index in [1.54, 1.807) is 24.5 Å². The van der Waals surface area contributed by atoms with Gasteiger partial charge in [0.25, 0.3) is 0 Å². The highest BCUT2D eigenvalue weighted by Gasteiger charge is 2.32. The minimum absolute atomic E-state index is 0.0858. The van der Waals surface area contributed by atoms with Gasteiger partial charge in [0.15, 0.2) is 0 Å². The number of carbonyl (C=O) groups is 2. The number of carbonyl (C=O) groups excluding carboxylic acids is 2. The van der Waals surface area contributed by atoms with Gasteiger partial charge in [-0.2, -0.15) is 0 Å². The topological polar surface area (TPSA) is 110 Å². The number of anilines is 2. The molecular formula is C21H24ClN5O3S. The monoisotopic (exact) mass is 461 g/mol. The lowest BCUT2D eigenvalue weighted by Gasteiger charge is -2.39. The maximum atomic E-state index is 11.5. The summed E-state index contributed by atoms with van der Waals surface area (Å²) in [5.74, 6) is 0.465. The predicted octanol–water partition coefficient (Wildman–Crippen LogP) is 4.11. The van der Waals surface area contributed by atoms with Gasteiger partial charge in [-0.25, -0.2) is 14.8 Å². The maximum absolute atomic E-state index is 11.5. The highest BCUT2D eigenvalue weighted by atomic mass is 35.5. The van der Waals surface area contributed by atoms with Gasteiger partial charge in [0.2, 0.25) is 5.91 Å². The molecule has 10 heteroatoms. The summed E-state index contributed by atoms with van der Waals surface area (Å²) < 4.78 is 4.99. The van der Waals surface area contributed by atoms with Gasteiger partial charge in [0.05, 0.1) is 29.7 Å². The second-order valence-corrected chi connectivity index (χ2v) is 8.97. The first kappa shape index (κ1) is 22.9. The van der Waals surface area contributed by atoms with Gasteiger partial charge in [-0.15, -0.1) is 0 Å². The predicted molar refractivity (Wildman–Crippen MR) is 122 cm³/mol. The number of benzene rings is 1. The number of nitrogens with one attached hydrogen (secondary N) is 1. The fourth-order valence-corrected chi connectivity index (χ4v) is 4.24. The second kappa shape index (κ2) is 10.0. The van der Waals surface area contributed by atoms with E-state index in [4.69, 9.17) is 22.1 Å². The molecule has 0 aliphatic carbocycles. The lowest BCUT2D eigenvalue weighted by Crippen LogP contribution is -2.42. The molecule has 0 bridgehead atoms. The Kier molecular flexibility index (Phi) is 7.40. The largest absolute Gasteiger partial charge is 0.449 e. The van der Waals surface area contributed by atoms with E-state index in [2.05, 4.69) is 33.7 Å². The van der Waals surface area contributed by atoms with Crippen molar-refractivity contribution >= 4 is 46.9 Å². The molecule has 2 amide bonds. The zero-order valence-corrected chi connectivity index (χ0v) is 18.7. The minimum Gasteiger partial charge on any atom is -0.449 e. The minimum atomic E-state index is -0.740. The molecule has 0 saturated carbocycles. The molecule has 8 nitrogen and oxygen atoms in total. The Hall–Kier alpha value is -2.78. The van der Waals surface area contributed by atoms with Gasteiger partial charge in [-0.3, -0.25) is 4.79 Å². The summed E-state index contributed by atoms with van der Waals surface area (Å²) in [5.41, 5.74) is 5.50. The number of hydrogen-bond donors (Lipinski definition) is 2. The van der Waals surface area contributed by atoms with Gasteiger partial charge in [-0.1, -0.05) is 42.9 Å². The number of nitrogens with two attached hydrogens (primary N) is 1. The Balaban J connectivity index is 1.61. The summed E-state index contributed by atoms with van der Waals surface area (Å²) in [6.45, 7) is 7.43. The number of rotatable bonds is 7. The summed E-state index contributed by atoms with van der Waals surface area (Å²) in [6.07, 6.45) is 5.61. The first-order chi connectivity index (χ1) is 14.8. The zero-order chi connectivity index (χ0) is 22.4. The molecule has 1 fully saturated rings. The lowest BCUT2D eigenvalue weighted by atomic mass is 9.81. The summed E-state index contributed by atoms with van der Waals surface area (Å²) >= 11 is 7.79. The zero-order valence-electron chi connectivity index (χ0n) is 17.1. The number of hydrogen-bond acceptors (Lipinski definition) is 7. The van der Waals surface area contributed by atoms with Crippen LogP contribution in [0.5, 0.6) is 0 Å². The first-order valence-electron chi connectivity index (χ1n) is 9.69. The molecule has 164 valence electrons. The Bertz CT molecular complexity index is 962. The molecule has 1 aromatic carbocycles. The van der Waals surface area contributed by atoms with Gasteiger partial charge in [-0.05, 0) is 31.1 Å². The summed E-state index contributed by atoms with van der Waals surface area (Å²) in [4.78, 5) is 34.4. The highest BCUT2D eigenvalue weighted by molar-refractivity contribution is 7.99. The molecule has 0 radical (unpaired) electrons. The van der Waals surface area contributed by atoms with Crippen LogP contribution in [0.4, 0.5) is 16.3 Å². The lowest BCUT2D eigenvalue weighted by molar-refractivity contribution is -0.111. The van der Waals surface area contributed by atoms with Crippen LogP contribution in [0.3, 0.4) is 0 Å². The van der Waals surface area contributed by atoms with E-state index in [1.807, 2.05) is 6.07 Å². The van der Waals surface area contributed by atoms with Crippen molar-refractivity contribution in [1.82, 2.24) is 9.97 Å². The first-order valence-corrected chi connectivity index (χ1v) is 10.9. The molecule has 0 atom stereocenters. The quantitative estimate of drug-likeness (QED) is 0.597. The Morgan fingerprint density at radius 2 is 2.10 bits per heavy atom. The van der Waals surface area contributed by atoms with Crippen molar-refractivity contribution in [2.45, 2.75) is 29.7 Å². The van der Waals surface area contributed by atoms with E-state index in [1.165, 1.54) is 17.8 Å². The molecule has 2 aromatic rings. The fourth-order valence-electron chi connectivity index (χ4n) is 3.17. The van der Waals surface area contributed by atoms with Crippen molar-refractivity contribution in [1.29, 1.82) is 0 Å². The molecule has 1 aliphatic heterocycles. The Labute approximate surface area is 190 Å². The van der Waals surface area contributed by atoms with Crippen LogP contribution in [-0.2, 0) is 9.53 Å².